The third kappa shape index (κ3) is 5.76. The van der Waals surface area contributed by atoms with Gasteiger partial charge in [-0.3, -0.25) is 9.48 Å². The van der Waals surface area contributed by atoms with E-state index < -0.39 is 0 Å². The normalized spacial score (nSPS) is 18.2. The van der Waals surface area contributed by atoms with E-state index in [1.54, 1.807) is 17.8 Å². The van der Waals surface area contributed by atoms with Crippen LogP contribution in [0.15, 0.2) is 47.5 Å². The van der Waals surface area contributed by atoms with Crippen LogP contribution in [0.5, 0.6) is 0 Å². The Labute approximate surface area is 159 Å². The highest BCUT2D eigenvalue weighted by atomic mass is 35.5. The summed E-state index contributed by atoms with van der Waals surface area (Å²) < 4.78 is 1.92. The highest BCUT2D eigenvalue weighted by Gasteiger charge is 2.18. The molecular weight excluding hydrogens is 356 g/mol. The lowest BCUT2D eigenvalue weighted by Crippen LogP contribution is -2.32. The zero-order valence-electron chi connectivity index (χ0n) is 14.4. The van der Waals surface area contributed by atoms with E-state index in [2.05, 4.69) is 34.8 Å². The molecule has 1 fully saturated rings. The van der Waals surface area contributed by atoms with E-state index >= 15 is 0 Å². The van der Waals surface area contributed by atoms with Crippen molar-refractivity contribution in [3.05, 3.63) is 48.3 Å². The monoisotopic (exact) mass is 380 g/mol. The Morgan fingerprint density at radius 3 is 2.92 bits per heavy atom. The largest absolute Gasteiger partial charge is 0.350 e. The van der Waals surface area contributed by atoms with Crippen molar-refractivity contribution in [3.8, 4) is 0 Å². The number of nitrogens with zero attached hydrogens (tertiary/aromatic N) is 2. The number of amides is 1. The minimum Gasteiger partial charge on any atom is -0.350 e. The van der Waals surface area contributed by atoms with Crippen molar-refractivity contribution in [1.29, 1.82) is 0 Å². The van der Waals surface area contributed by atoms with Gasteiger partial charge in [-0.05, 0) is 37.6 Å². The van der Waals surface area contributed by atoms with Crippen LogP contribution in [0.3, 0.4) is 0 Å². The van der Waals surface area contributed by atoms with Gasteiger partial charge in [0.05, 0.1) is 6.04 Å². The van der Waals surface area contributed by atoms with E-state index in [0.29, 0.717) is 23.5 Å². The van der Waals surface area contributed by atoms with Crippen molar-refractivity contribution in [3.63, 3.8) is 0 Å². The molecule has 7 heteroatoms. The van der Waals surface area contributed by atoms with E-state index in [4.69, 9.17) is 0 Å². The molecule has 2 aromatic rings. The summed E-state index contributed by atoms with van der Waals surface area (Å²) in [6, 6.07) is 12.4. The van der Waals surface area contributed by atoms with E-state index in [9.17, 15) is 4.79 Å². The third-order valence-electron chi connectivity index (χ3n) is 4.12. The van der Waals surface area contributed by atoms with Crippen molar-refractivity contribution < 1.29 is 4.79 Å². The van der Waals surface area contributed by atoms with Gasteiger partial charge in [-0.15, -0.1) is 24.2 Å². The average molecular weight is 381 g/mol. The minimum absolute atomic E-state index is 0. The molecule has 1 aliphatic heterocycles. The van der Waals surface area contributed by atoms with Gasteiger partial charge in [-0.1, -0.05) is 25.1 Å². The number of aromatic nitrogens is 2. The second-order valence-electron chi connectivity index (χ2n) is 6.13. The van der Waals surface area contributed by atoms with Gasteiger partial charge < -0.3 is 10.6 Å². The molecule has 136 valence electrons. The van der Waals surface area contributed by atoms with E-state index in [0.717, 1.165) is 25.9 Å². The lowest BCUT2D eigenvalue weighted by Gasteiger charge is -2.22. The highest BCUT2D eigenvalue weighted by Crippen LogP contribution is 2.22. The first-order valence-corrected chi connectivity index (χ1v) is 9.36. The summed E-state index contributed by atoms with van der Waals surface area (Å²) >= 11 is 1.76. The summed E-state index contributed by atoms with van der Waals surface area (Å²) in [4.78, 5) is 13.5. The van der Waals surface area contributed by atoms with Crippen molar-refractivity contribution >= 4 is 30.1 Å². The molecule has 2 heterocycles. The number of rotatable bonds is 6. The Morgan fingerprint density at radius 2 is 2.20 bits per heavy atom. The Morgan fingerprint density at radius 1 is 1.40 bits per heavy atom. The number of nitrogens with one attached hydrogen (secondary N) is 2. The van der Waals surface area contributed by atoms with Crippen LogP contribution in [0, 0.1) is 0 Å². The van der Waals surface area contributed by atoms with Crippen LogP contribution in [0.2, 0.25) is 0 Å². The standard InChI is InChI=1S/C18H24N4OS.ClH/c1-14(24-16-7-3-2-4-8-16)12-20-18(23)17-9-11-22(21-17)15-6-5-10-19-13-15;/h2-4,7-9,11,14-15,19H,5-6,10,12-13H2,1H3,(H,20,23);1H. The fourth-order valence-electron chi connectivity index (χ4n) is 2.82. The lowest BCUT2D eigenvalue weighted by molar-refractivity contribution is 0.0947. The Bertz CT molecular complexity index is 658. The van der Waals surface area contributed by atoms with Crippen molar-refractivity contribution in [2.24, 2.45) is 0 Å². The molecule has 25 heavy (non-hydrogen) atoms. The fraction of sp³-hybridized carbons (Fsp3) is 0.444. The van der Waals surface area contributed by atoms with Crippen molar-refractivity contribution in [2.45, 2.75) is 36.0 Å². The van der Waals surface area contributed by atoms with Gasteiger partial charge in [-0.25, -0.2) is 0 Å². The van der Waals surface area contributed by atoms with Gasteiger partial charge in [0, 0.05) is 29.4 Å². The van der Waals surface area contributed by atoms with E-state index in [-0.39, 0.29) is 18.3 Å². The molecule has 0 aliphatic carbocycles. The third-order valence-corrected chi connectivity index (χ3v) is 5.23. The van der Waals surface area contributed by atoms with Crippen LogP contribution in [0.25, 0.3) is 0 Å². The Balaban J connectivity index is 0.00000225. The van der Waals surface area contributed by atoms with Gasteiger partial charge in [0.15, 0.2) is 0 Å². The maximum absolute atomic E-state index is 12.3. The molecule has 3 rings (SSSR count). The number of carbonyl (C=O) groups excluding carboxylic acids is 1. The smallest absolute Gasteiger partial charge is 0.271 e. The summed E-state index contributed by atoms with van der Waals surface area (Å²) in [6.07, 6.45) is 4.18. The fourth-order valence-corrected chi connectivity index (χ4v) is 3.77. The number of benzene rings is 1. The number of carbonyl (C=O) groups is 1. The number of thioether (sulfide) groups is 1. The molecule has 2 N–H and O–H groups in total. The van der Waals surface area contributed by atoms with Crippen LogP contribution in [-0.4, -0.2) is 40.6 Å². The average Bonchev–Trinajstić information content (AvgIpc) is 3.11. The molecule has 0 saturated carbocycles. The highest BCUT2D eigenvalue weighted by molar-refractivity contribution is 8.00. The first-order valence-electron chi connectivity index (χ1n) is 8.48. The minimum atomic E-state index is -0.0990. The van der Waals surface area contributed by atoms with Gasteiger partial charge >= 0.3 is 0 Å². The Kier molecular flexibility index (Phi) is 7.81. The van der Waals surface area contributed by atoms with Gasteiger partial charge in [0.25, 0.3) is 5.91 Å². The first-order chi connectivity index (χ1) is 11.7. The quantitative estimate of drug-likeness (QED) is 0.756. The topological polar surface area (TPSA) is 59.0 Å². The second kappa shape index (κ2) is 9.85. The number of halogens is 1. The number of piperidine rings is 1. The van der Waals surface area contributed by atoms with Gasteiger partial charge in [0.2, 0.25) is 0 Å². The lowest BCUT2D eigenvalue weighted by atomic mass is 10.1. The zero-order valence-corrected chi connectivity index (χ0v) is 16.0. The molecule has 0 radical (unpaired) electrons. The summed E-state index contributed by atoms with van der Waals surface area (Å²) in [6.45, 7) is 4.73. The summed E-state index contributed by atoms with van der Waals surface area (Å²) in [5.41, 5.74) is 0.498. The summed E-state index contributed by atoms with van der Waals surface area (Å²) in [5, 5.41) is 11.1. The first kappa shape index (κ1) is 19.8. The number of hydrogen-bond acceptors (Lipinski definition) is 4. The molecular formula is C18H25ClN4OS. The molecule has 1 aromatic heterocycles. The molecule has 5 nitrogen and oxygen atoms in total. The van der Waals surface area contributed by atoms with E-state index in [1.165, 1.54) is 4.90 Å². The molecule has 2 unspecified atom stereocenters. The summed E-state index contributed by atoms with van der Waals surface area (Å²) in [5.74, 6) is -0.0990. The van der Waals surface area contributed by atoms with Gasteiger partial charge in [-0.2, -0.15) is 5.10 Å². The van der Waals surface area contributed by atoms with Crippen molar-refractivity contribution in [1.82, 2.24) is 20.4 Å². The molecule has 1 saturated heterocycles. The second-order valence-corrected chi connectivity index (χ2v) is 7.64. The molecule has 0 bridgehead atoms. The molecule has 1 aliphatic rings. The van der Waals surface area contributed by atoms with Gasteiger partial charge in [0.1, 0.15) is 5.69 Å². The van der Waals surface area contributed by atoms with Crippen LogP contribution >= 0.6 is 24.2 Å². The zero-order chi connectivity index (χ0) is 16.8. The molecule has 2 atom stereocenters. The molecule has 0 spiro atoms. The molecule has 1 amide bonds. The number of hydrogen-bond donors (Lipinski definition) is 2. The van der Waals surface area contributed by atoms with E-state index in [1.807, 2.05) is 29.1 Å². The van der Waals surface area contributed by atoms with Crippen LogP contribution in [0.1, 0.15) is 36.3 Å². The van der Waals surface area contributed by atoms with Crippen LogP contribution in [-0.2, 0) is 0 Å². The predicted octanol–water partition coefficient (Wildman–Crippen LogP) is 3.14. The van der Waals surface area contributed by atoms with Crippen LogP contribution in [0.4, 0.5) is 0 Å². The van der Waals surface area contributed by atoms with Crippen LogP contribution < -0.4 is 10.6 Å². The summed E-state index contributed by atoms with van der Waals surface area (Å²) in [7, 11) is 0. The molecule has 1 aromatic carbocycles. The SMILES string of the molecule is CC(CNC(=O)c1ccn(C2CCCNC2)n1)Sc1ccccc1.Cl. The van der Waals surface area contributed by atoms with Crippen molar-refractivity contribution in [2.75, 3.05) is 19.6 Å². The maximum atomic E-state index is 12.3. The Hall–Kier alpha value is -1.50. The maximum Gasteiger partial charge on any atom is 0.271 e. The predicted molar refractivity (Wildman–Crippen MR) is 105 cm³/mol.